The number of carboxylic acid groups (broad SMARTS) is 1. The summed E-state index contributed by atoms with van der Waals surface area (Å²) in [5, 5.41) is 11.7. The predicted molar refractivity (Wildman–Crippen MR) is 112 cm³/mol. The maximum absolute atomic E-state index is 12.3. The fraction of sp³-hybridized carbons (Fsp3) is 0.238. The lowest BCUT2D eigenvalue weighted by molar-refractivity contribution is -0.148. The van der Waals surface area contributed by atoms with Crippen LogP contribution in [0.3, 0.4) is 0 Å². The first-order valence-corrected chi connectivity index (χ1v) is 9.82. The molecule has 2 rings (SSSR count). The quantitative estimate of drug-likeness (QED) is 0.513. The molecule has 0 fully saturated rings. The molecule has 10 heteroatoms. The highest BCUT2D eigenvalue weighted by Crippen LogP contribution is 2.24. The summed E-state index contributed by atoms with van der Waals surface area (Å²) in [6, 6.07) is 12.1. The molecule has 2 aromatic rings. The van der Waals surface area contributed by atoms with Gasteiger partial charge in [0.2, 0.25) is 0 Å². The summed E-state index contributed by atoms with van der Waals surface area (Å²) in [4.78, 5) is 47.3. The molecule has 1 amide bonds. The van der Waals surface area contributed by atoms with E-state index in [9.17, 15) is 19.2 Å². The molecule has 0 spiro atoms. The molecular formula is C21H19Cl2NO7. The van der Waals surface area contributed by atoms with E-state index in [2.05, 4.69) is 5.32 Å². The molecule has 0 aliphatic rings. The Morgan fingerprint density at radius 2 is 1.58 bits per heavy atom. The maximum Gasteiger partial charge on any atom is 0.408 e. The van der Waals surface area contributed by atoms with Gasteiger partial charge < -0.3 is 19.9 Å². The number of alkyl carbamates (subject to hydrolysis) is 1. The van der Waals surface area contributed by atoms with Gasteiger partial charge in [-0.2, -0.15) is 0 Å². The van der Waals surface area contributed by atoms with Crippen LogP contribution < -0.4 is 5.32 Å². The Labute approximate surface area is 188 Å². The second kappa shape index (κ2) is 11.9. The normalized spacial score (nSPS) is 11.3. The van der Waals surface area contributed by atoms with E-state index < -0.39 is 42.9 Å². The average Bonchev–Trinajstić information content (AvgIpc) is 2.73. The van der Waals surface area contributed by atoms with Crippen molar-refractivity contribution >= 4 is 47.0 Å². The molecule has 0 bridgehead atoms. The van der Waals surface area contributed by atoms with Crippen LogP contribution in [-0.2, 0) is 36.9 Å². The summed E-state index contributed by atoms with van der Waals surface area (Å²) in [6.45, 7) is -0.800. The minimum Gasteiger partial charge on any atom is -0.481 e. The van der Waals surface area contributed by atoms with Crippen LogP contribution in [0.2, 0.25) is 10.0 Å². The van der Waals surface area contributed by atoms with Crippen LogP contribution in [0.4, 0.5) is 4.79 Å². The summed E-state index contributed by atoms with van der Waals surface area (Å²) in [7, 11) is 0. The number of carboxylic acids is 1. The Morgan fingerprint density at radius 3 is 2.19 bits per heavy atom. The molecule has 2 aromatic carbocycles. The first-order valence-electron chi connectivity index (χ1n) is 9.06. The summed E-state index contributed by atoms with van der Waals surface area (Å²) in [5.41, 5.74) is 1.05. The van der Waals surface area contributed by atoms with Gasteiger partial charge in [-0.1, -0.05) is 59.6 Å². The molecule has 0 radical (unpaired) electrons. The third kappa shape index (κ3) is 8.27. The van der Waals surface area contributed by atoms with E-state index in [0.717, 1.165) is 0 Å². The molecular weight excluding hydrogens is 449 g/mol. The van der Waals surface area contributed by atoms with Crippen molar-refractivity contribution in [2.75, 3.05) is 6.61 Å². The van der Waals surface area contributed by atoms with E-state index in [-0.39, 0.29) is 23.1 Å². The summed E-state index contributed by atoms with van der Waals surface area (Å²) < 4.78 is 9.89. The van der Waals surface area contributed by atoms with Gasteiger partial charge in [0.1, 0.15) is 12.6 Å². The number of halogens is 2. The lowest BCUT2D eigenvalue weighted by Crippen LogP contribution is -2.44. The number of rotatable bonds is 10. The highest BCUT2D eigenvalue weighted by Gasteiger charge is 2.25. The number of carbonyl (C=O) groups is 4. The molecule has 0 aliphatic heterocycles. The van der Waals surface area contributed by atoms with Gasteiger partial charge in [-0.05, 0) is 17.7 Å². The maximum atomic E-state index is 12.3. The smallest absolute Gasteiger partial charge is 0.408 e. The molecule has 0 heterocycles. The highest BCUT2D eigenvalue weighted by atomic mass is 35.5. The second-order valence-corrected chi connectivity index (χ2v) is 7.17. The van der Waals surface area contributed by atoms with Crippen LogP contribution in [-0.4, -0.2) is 41.6 Å². The largest absolute Gasteiger partial charge is 0.481 e. The van der Waals surface area contributed by atoms with E-state index >= 15 is 0 Å². The molecule has 164 valence electrons. The van der Waals surface area contributed by atoms with Crippen molar-refractivity contribution in [1.82, 2.24) is 5.32 Å². The number of carbonyl (C=O) groups excluding carboxylic acids is 3. The summed E-state index contributed by atoms with van der Waals surface area (Å²) in [5.74, 6) is -2.92. The second-order valence-electron chi connectivity index (χ2n) is 6.36. The zero-order valence-electron chi connectivity index (χ0n) is 16.2. The molecule has 1 atom stereocenters. The van der Waals surface area contributed by atoms with Gasteiger partial charge in [0, 0.05) is 15.6 Å². The van der Waals surface area contributed by atoms with Crippen molar-refractivity contribution in [2.45, 2.75) is 25.5 Å². The van der Waals surface area contributed by atoms with E-state index in [1.165, 1.54) is 0 Å². The lowest BCUT2D eigenvalue weighted by Gasteiger charge is -2.16. The van der Waals surface area contributed by atoms with Crippen LogP contribution >= 0.6 is 23.2 Å². The van der Waals surface area contributed by atoms with E-state index in [1.54, 1.807) is 48.5 Å². The minimum atomic E-state index is -1.43. The summed E-state index contributed by atoms with van der Waals surface area (Å²) >= 11 is 12.0. The Kier molecular flexibility index (Phi) is 9.30. The third-order valence-electron chi connectivity index (χ3n) is 4.03. The van der Waals surface area contributed by atoms with E-state index in [4.69, 9.17) is 37.8 Å². The molecule has 8 nitrogen and oxygen atoms in total. The Bertz CT molecular complexity index is 930. The van der Waals surface area contributed by atoms with Gasteiger partial charge in [0.25, 0.3) is 0 Å². The fourth-order valence-electron chi connectivity index (χ4n) is 2.48. The van der Waals surface area contributed by atoms with Crippen molar-refractivity contribution in [3.8, 4) is 0 Å². The topological polar surface area (TPSA) is 119 Å². The monoisotopic (exact) mass is 467 g/mol. The van der Waals surface area contributed by atoms with Crippen LogP contribution in [0, 0.1) is 0 Å². The number of Topliss-reactive ketones (excluding diaryl/α,β-unsaturated/α-hetero) is 1. The number of ketones is 1. The van der Waals surface area contributed by atoms with Crippen molar-refractivity contribution in [2.24, 2.45) is 0 Å². The van der Waals surface area contributed by atoms with Crippen LogP contribution in [0.1, 0.15) is 17.5 Å². The number of amides is 1. The molecule has 0 unspecified atom stereocenters. The van der Waals surface area contributed by atoms with Crippen molar-refractivity contribution in [1.29, 1.82) is 0 Å². The molecule has 0 saturated heterocycles. The molecule has 2 N–H and O–H groups in total. The van der Waals surface area contributed by atoms with Crippen molar-refractivity contribution < 1.29 is 33.8 Å². The Morgan fingerprint density at radius 1 is 0.935 bits per heavy atom. The van der Waals surface area contributed by atoms with Crippen LogP contribution in [0.25, 0.3) is 0 Å². The zero-order valence-corrected chi connectivity index (χ0v) is 17.7. The number of hydrogen-bond acceptors (Lipinski definition) is 6. The van der Waals surface area contributed by atoms with Crippen molar-refractivity contribution in [3.63, 3.8) is 0 Å². The van der Waals surface area contributed by atoms with Gasteiger partial charge in [-0.25, -0.2) is 4.79 Å². The van der Waals surface area contributed by atoms with Gasteiger partial charge in [0.15, 0.2) is 12.4 Å². The minimum absolute atomic E-state index is 0.0613. The number of benzene rings is 2. The number of esters is 1. The standard InChI is InChI=1S/C21H19Cl2NO7/c22-15-7-4-8-16(23)14(15)9-20(28)30-12-18(25)17(10-19(26)27)24-21(29)31-11-13-5-2-1-3-6-13/h1-8,17H,9-12H2,(H,24,29)(H,26,27)/t17-/m0/s1. The Hall–Kier alpha value is -3.10. The number of hydrogen-bond donors (Lipinski definition) is 2. The van der Waals surface area contributed by atoms with Crippen LogP contribution in [0.5, 0.6) is 0 Å². The van der Waals surface area contributed by atoms with Gasteiger partial charge in [0.05, 0.1) is 12.8 Å². The highest BCUT2D eigenvalue weighted by molar-refractivity contribution is 6.36. The van der Waals surface area contributed by atoms with Gasteiger partial charge in [-0.15, -0.1) is 0 Å². The molecule has 0 aliphatic carbocycles. The average molecular weight is 468 g/mol. The van der Waals surface area contributed by atoms with E-state index in [1.807, 2.05) is 0 Å². The zero-order chi connectivity index (χ0) is 22.8. The van der Waals surface area contributed by atoms with Crippen LogP contribution in [0.15, 0.2) is 48.5 Å². The van der Waals surface area contributed by atoms with Gasteiger partial charge >= 0.3 is 18.0 Å². The first-order chi connectivity index (χ1) is 14.8. The third-order valence-corrected chi connectivity index (χ3v) is 4.74. The first kappa shape index (κ1) is 24.2. The number of nitrogens with one attached hydrogen (secondary N) is 1. The SMILES string of the molecule is O=C(O)C[C@H](NC(=O)OCc1ccccc1)C(=O)COC(=O)Cc1c(Cl)cccc1Cl. The lowest BCUT2D eigenvalue weighted by atomic mass is 10.1. The fourth-order valence-corrected chi connectivity index (χ4v) is 3.01. The molecule has 0 aromatic heterocycles. The van der Waals surface area contributed by atoms with Crippen molar-refractivity contribution in [3.05, 3.63) is 69.7 Å². The number of ether oxygens (including phenoxy) is 2. The molecule has 31 heavy (non-hydrogen) atoms. The van der Waals surface area contributed by atoms with Gasteiger partial charge in [-0.3, -0.25) is 14.4 Å². The summed E-state index contributed by atoms with van der Waals surface area (Å²) in [6.07, 6.45) is -1.95. The number of aliphatic carboxylic acids is 1. The predicted octanol–water partition coefficient (Wildman–Crippen LogP) is 3.42. The Balaban J connectivity index is 1.89. The van der Waals surface area contributed by atoms with E-state index in [0.29, 0.717) is 11.1 Å². The molecule has 0 saturated carbocycles.